The van der Waals surface area contributed by atoms with Crippen LogP contribution in [0.3, 0.4) is 0 Å². The first kappa shape index (κ1) is 12.6. The molecule has 0 heterocycles. The van der Waals surface area contributed by atoms with Gasteiger partial charge in [-0.2, -0.15) is 0 Å². The Morgan fingerprint density at radius 1 is 1.47 bits per heavy atom. The Hall–Kier alpha value is -0.480. The summed E-state index contributed by atoms with van der Waals surface area (Å²) in [7, 11) is 0. The van der Waals surface area contributed by atoms with E-state index in [4.69, 9.17) is 11.6 Å². The molecule has 0 aromatic heterocycles. The molecule has 0 unspecified atom stereocenters. The van der Waals surface area contributed by atoms with E-state index in [0.717, 1.165) is 0 Å². The summed E-state index contributed by atoms with van der Waals surface area (Å²) < 4.78 is 25.1. The quantitative estimate of drug-likeness (QED) is 0.774. The van der Waals surface area contributed by atoms with E-state index in [1.54, 1.807) is 0 Å². The Morgan fingerprint density at radius 3 is 2.60 bits per heavy atom. The van der Waals surface area contributed by atoms with E-state index in [-0.39, 0.29) is 23.6 Å². The molecule has 0 aliphatic carbocycles. The minimum atomic E-state index is -2.50. The molecule has 1 aromatic rings. The average Bonchev–Trinajstić information content (AvgIpc) is 2.20. The minimum absolute atomic E-state index is 0.0658. The van der Waals surface area contributed by atoms with Crippen LogP contribution in [0.4, 0.5) is 8.78 Å². The van der Waals surface area contributed by atoms with Gasteiger partial charge in [-0.3, -0.25) is 4.79 Å². The predicted octanol–water partition coefficient (Wildman–Crippen LogP) is 3.74. The topological polar surface area (TPSA) is 17.1 Å². The van der Waals surface area contributed by atoms with Crippen molar-refractivity contribution in [3.63, 3.8) is 0 Å². The first-order chi connectivity index (χ1) is 7.04. The van der Waals surface area contributed by atoms with Crippen LogP contribution in [-0.2, 0) is 11.2 Å². The van der Waals surface area contributed by atoms with Gasteiger partial charge in [-0.25, -0.2) is 8.78 Å². The zero-order chi connectivity index (χ0) is 11.4. The zero-order valence-corrected chi connectivity index (χ0v) is 9.99. The third-order valence-corrected chi connectivity index (χ3v) is 2.90. The second-order valence-electron chi connectivity index (χ2n) is 3.00. The van der Waals surface area contributed by atoms with Crippen molar-refractivity contribution in [2.45, 2.75) is 12.8 Å². The first-order valence-electron chi connectivity index (χ1n) is 4.18. The monoisotopic (exact) mass is 296 g/mol. The summed E-state index contributed by atoms with van der Waals surface area (Å²) in [4.78, 5) is 11.1. The maximum atomic E-state index is 12.3. The molecule has 0 aliphatic heterocycles. The van der Waals surface area contributed by atoms with E-state index in [1.165, 1.54) is 18.2 Å². The molecule has 0 saturated heterocycles. The van der Waals surface area contributed by atoms with Crippen molar-refractivity contribution in [1.29, 1.82) is 0 Å². The molecule has 0 spiro atoms. The van der Waals surface area contributed by atoms with Crippen LogP contribution in [0.2, 0.25) is 0 Å². The van der Waals surface area contributed by atoms with E-state index in [1.807, 2.05) is 0 Å². The van der Waals surface area contributed by atoms with Gasteiger partial charge in [0, 0.05) is 16.5 Å². The summed E-state index contributed by atoms with van der Waals surface area (Å²) in [6.07, 6.45) is -2.34. The molecule has 0 amide bonds. The van der Waals surface area contributed by atoms with Crippen molar-refractivity contribution < 1.29 is 13.6 Å². The van der Waals surface area contributed by atoms with Crippen molar-refractivity contribution in [2.24, 2.45) is 0 Å². The minimum Gasteiger partial charge on any atom is -0.298 e. The average molecular weight is 298 g/mol. The Balaban J connectivity index is 2.88. The van der Waals surface area contributed by atoms with Gasteiger partial charge >= 0.3 is 0 Å². The van der Waals surface area contributed by atoms with Gasteiger partial charge in [0.25, 0.3) is 6.43 Å². The highest BCUT2D eigenvalue weighted by molar-refractivity contribution is 9.10. The van der Waals surface area contributed by atoms with Gasteiger partial charge < -0.3 is 0 Å². The van der Waals surface area contributed by atoms with Crippen molar-refractivity contribution in [3.8, 4) is 0 Å². The van der Waals surface area contributed by atoms with Crippen LogP contribution >= 0.6 is 27.5 Å². The van der Waals surface area contributed by atoms with Crippen molar-refractivity contribution in [3.05, 3.63) is 33.8 Å². The van der Waals surface area contributed by atoms with Gasteiger partial charge in [-0.05, 0) is 11.6 Å². The summed E-state index contributed by atoms with van der Waals surface area (Å²) in [6.45, 7) is 0. The van der Waals surface area contributed by atoms with Crippen molar-refractivity contribution >= 4 is 33.3 Å². The van der Waals surface area contributed by atoms with Gasteiger partial charge in [0.05, 0.1) is 5.88 Å². The number of hydrogen-bond acceptors (Lipinski definition) is 1. The summed E-state index contributed by atoms with van der Waals surface area (Å²) in [5.74, 6) is -0.203. The number of carbonyl (C=O) groups excluding carboxylic acids is 1. The molecular formula is C10H8BrClF2O. The van der Waals surface area contributed by atoms with E-state index in [2.05, 4.69) is 15.9 Å². The van der Waals surface area contributed by atoms with E-state index < -0.39 is 6.43 Å². The fourth-order valence-corrected chi connectivity index (χ4v) is 1.73. The fraction of sp³-hybridized carbons (Fsp3) is 0.300. The Morgan fingerprint density at radius 2 is 2.13 bits per heavy atom. The number of Topliss-reactive ketones (excluding diaryl/α,β-unsaturated/α-hetero) is 1. The third-order valence-electron chi connectivity index (χ3n) is 1.87. The number of rotatable bonds is 4. The standard InChI is InChI=1S/C10H8BrClF2O/c11-9-4-7(10(13)14)2-1-6(9)3-8(15)5-12/h1-2,4,10H,3,5H2. The highest BCUT2D eigenvalue weighted by Gasteiger charge is 2.11. The number of alkyl halides is 3. The normalized spacial score (nSPS) is 10.7. The summed E-state index contributed by atoms with van der Waals surface area (Å²) >= 11 is 8.50. The van der Waals surface area contributed by atoms with E-state index in [0.29, 0.717) is 10.0 Å². The summed E-state index contributed by atoms with van der Waals surface area (Å²) in [5, 5.41) is 0. The number of benzene rings is 1. The SMILES string of the molecule is O=C(CCl)Cc1ccc(C(F)F)cc1Br. The van der Waals surface area contributed by atoms with Gasteiger partial charge in [0.2, 0.25) is 0 Å². The summed E-state index contributed by atoms with van der Waals surface area (Å²) in [6, 6.07) is 4.14. The van der Waals surface area contributed by atoms with Crippen molar-refractivity contribution in [1.82, 2.24) is 0 Å². The molecule has 0 N–H and O–H groups in total. The van der Waals surface area contributed by atoms with Crippen molar-refractivity contribution in [2.75, 3.05) is 5.88 Å². The maximum absolute atomic E-state index is 12.3. The molecule has 82 valence electrons. The molecule has 0 fully saturated rings. The number of carbonyl (C=O) groups is 1. The number of hydrogen-bond donors (Lipinski definition) is 0. The molecule has 0 atom stereocenters. The van der Waals surface area contributed by atoms with Crippen LogP contribution in [0.25, 0.3) is 0 Å². The highest BCUT2D eigenvalue weighted by Crippen LogP contribution is 2.25. The second kappa shape index (κ2) is 5.56. The lowest BCUT2D eigenvalue weighted by Crippen LogP contribution is -2.04. The predicted molar refractivity (Wildman–Crippen MR) is 58.5 cm³/mol. The lowest BCUT2D eigenvalue weighted by Gasteiger charge is -2.05. The Bertz CT molecular complexity index is 368. The third kappa shape index (κ3) is 3.54. The molecule has 1 nitrogen and oxygen atoms in total. The maximum Gasteiger partial charge on any atom is 0.263 e. The zero-order valence-electron chi connectivity index (χ0n) is 7.64. The summed E-state index contributed by atoms with van der Waals surface area (Å²) in [5.41, 5.74) is 0.606. The molecule has 1 aromatic carbocycles. The number of halogens is 4. The molecule has 0 radical (unpaired) electrons. The first-order valence-corrected chi connectivity index (χ1v) is 5.51. The lowest BCUT2D eigenvalue weighted by molar-refractivity contribution is -0.116. The smallest absolute Gasteiger partial charge is 0.263 e. The molecular weight excluding hydrogens is 289 g/mol. The fourth-order valence-electron chi connectivity index (χ4n) is 1.10. The van der Waals surface area contributed by atoms with Gasteiger partial charge in [-0.15, -0.1) is 11.6 Å². The highest BCUT2D eigenvalue weighted by atomic mass is 79.9. The molecule has 1 rings (SSSR count). The van der Waals surface area contributed by atoms with Crippen LogP contribution in [0.1, 0.15) is 17.6 Å². The second-order valence-corrected chi connectivity index (χ2v) is 4.12. The van der Waals surface area contributed by atoms with Crippen LogP contribution in [0, 0.1) is 0 Å². The van der Waals surface area contributed by atoms with Gasteiger partial charge in [0.15, 0.2) is 5.78 Å². The van der Waals surface area contributed by atoms with Crippen LogP contribution < -0.4 is 0 Å². The van der Waals surface area contributed by atoms with Crippen LogP contribution in [-0.4, -0.2) is 11.7 Å². The van der Waals surface area contributed by atoms with E-state index in [9.17, 15) is 13.6 Å². The van der Waals surface area contributed by atoms with Crippen LogP contribution in [0.5, 0.6) is 0 Å². The van der Waals surface area contributed by atoms with Gasteiger partial charge in [-0.1, -0.05) is 28.1 Å². The Labute approximate surface area is 99.6 Å². The molecule has 0 bridgehead atoms. The largest absolute Gasteiger partial charge is 0.298 e. The molecule has 0 saturated carbocycles. The molecule has 5 heteroatoms. The Kier molecular flexibility index (Phi) is 4.67. The molecule has 0 aliphatic rings. The van der Waals surface area contributed by atoms with Crippen LogP contribution in [0.15, 0.2) is 22.7 Å². The van der Waals surface area contributed by atoms with Gasteiger partial charge in [0.1, 0.15) is 0 Å². The van der Waals surface area contributed by atoms with E-state index >= 15 is 0 Å². The molecule has 15 heavy (non-hydrogen) atoms. The number of ketones is 1. The lowest BCUT2D eigenvalue weighted by atomic mass is 10.1.